The van der Waals surface area contributed by atoms with Crippen LogP contribution in [0.5, 0.6) is 0 Å². The van der Waals surface area contributed by atoms with Crippen LogP contribution in [0.4, 0.5) is 5.82 Å². The number of nitrogens with two attached hydrogens (primary N) is 1. The molecule has 0 radical (unpaired) electrons. The van der Waals surface area contributed by atoms with Crippen molar-refractivity contribution in [1.82, 2.24) is 4.98 Å². The lowest BCUT2D eigenvalue weighted by Gasteiger charge is -2.24. The molecule has 1 aromatic rings. The van der Waals surface area contributed by atoms with Crippen LogP contribution in [0.1, 0.15) is 30.0 Å². The fourth-order valence-corrected chi connectivity index (χ4v) is 2.55. The molecule has 0 amide bonds. The second-order valence-corrected chi connectivity index (χ2v) is 4.67. The number of hydrogen-bond donors (Lipinski definition) is 3. The van der Waals surface area contributed by atoms with Crippen molar-refractivity contribution < 1.29 is 0 Å². The maximum Gasteiger partial charge on any atom is 0.123 e. The first kappa shape index (κ1) is 11.1. The number of aromatic amines is 1. The molecule has 4 nitrogen and oxygen atoms in total. The summed E-state index contributed by atoms with van der Waals surface area (Å²) in [5.74, 6) is 6.85. The molecular formula is C11H14N4S. The summed E-state index contributed by atoms with van der Waals surface area (Å²) < 4.78 is 0.476. The Morgan fingerprint density at radius 2 is 2.31 bits per heavy atom. The highest BCUT2D eigenvalue weighted by atomic mass is 32.1. The van der Waals surface area contributed by atoms with Crippen LogP contribution in [0.2, 0.25) is 0 Å². The third-order valence-corrected chi connectivity index (χ3v) is 3.44. The molecule has 0 fully saturated rings. The molecular weight excluding hydrogens is 220 g/mol. The number of rotatable bonds is 1. The first-order valence-corrected chi connectivity index (χ1v) is 5.73. The SMILES string of the molecule is CC1CCc2c(c(NN)[nH]c(=S)c2C#N)C1. The summed E-state index contributed by atoms with van der Waals surface area (Å²) >= 11 is 5.15. The highest BCUT2D eigenvalue weighted by Crippen LogP contribution is 2.31. The van der Waals surface area contributed by atoms with Crippen LogP contribution >= 0.6 is 12.2 Å². The molecule has 0 bridgehead atoms. The summed E-state index contributed by atoms with van der Waals surface area (Å²) in [7, 11) is 0. The third-order valence-electron chi connectivity index (χ3n) is 3.13. The van der Waals surface area contributed by atoms with Gasteiger partial charge in [0, 0.05) is 0 Å². The number of hydrazine groups is 1. The highest BCUT2D eigenvalue weighted by molar-refractivity contribution is 7.71. The van der Waals surface area contributed by atoms with Gasteiger partial charge in [-0.15, -0.1) is 0 Å². The molecule has 0 saturated carbocycles. The number of H-pyrrole nitrogens is 1. The van der Waals surface area contributed by atoms with Gasteiger partial charge in [0.25, 0.3) is 0 Å². The van der Waals surface area contributed by atoms with E-state index in [1.54, 1.807) is 0 Å². The predicted molar refractivity (Wildman–Crippen MR) is 65.3 cm³/mol. The van der Waals surface area contributed by atoms with Gasteiger partial charge in [-0.3, -0.25) is 0 Å². The summed E-state index contributed by atoms with van der Waals surface area (Å²) in [6.45, 7) is 2.21. The van der Waals surface area contributed by atoms with E-state index in [1.807, 2.05) is 0 Å². The minimum absolute atomic E-state index is 0.476. The first-order chi connectivity index (χ1) is 7.67. The number of anilines is 1. The Labute approximate surface area is 99.4 Å². The zero-order chi connectivity index (χ0) is 11.7. The van der Waals surface area contributed by atoms with Gasteiger partial charge < -0.3 is 10.4 Å². The molecule has 0 spiro atoms. The summed E-state index contributed by atoms with van der Waals surface area (Å²) in [4.78, 5) is 2.98. The molecule has 0 aromatic carbocycles. The van der Waals surface area contributed by atoms with Gasteiger partial charge in [-0.2, -0.15) is 5.26 Å². The molecule has 84 valence electrons. The Morgan fingerprint density at radius 3 is 2.94 bits per heavy atom. The van der Waals surface area contributed by atoms with Gasteiger partial charge in [0.1, 0.15) is 16.5 Å². The van der Waals surface area contributed by atoms with Crippen LogP contribution in [0, 0.1) is 21.9 Å². The molecule has 1 aromatic heterocycles. The fourth-order valence-electron chi connectivity index (χ4n) is 2.27. The van der Waals surface area contributed by atoms with E-state index in [0.29, 0.717) is 16.1 Å². The van der Waals surface area contributed by atoms with Crippen molar-refractivity contribution in [1.29, 1.82) is 5.26 Å². The molecule has 1 aliphatic carbocycles. The number of hydrogen-bond acceptors (Lipinski definition) is 4. The molecule has 16 heavy (non-hydrogen) atoms. The second-order valence-electron chi connectivity index (χ2n) is 4.27. The zero-order valence-corrected chi connectivity index (χ0v) is 9.95. The minimum Gasteiger partial charge on any atom is -0.331 e. The molecule has 2 rings (SSSR count). The Morgan fingerprint density at radius 1 is 1.56 bits per heavy atom. The zero-order valence-electron chi connectivity index (χ0n) is 9.13. The van der Waals surface area contributed by atoms with Gasteiger partial charge in [-0.1, -0.05) is 19.1 Å². The molecule has 1 aliphatic rings. The van der Waals surface area contributed by atoms with Crippen molar-refractivity contribution in [2.24, 2.45) is 11.8 Å². The number of nitrogens with one attached hydrogen (secondary N) is 2. The summed E-state index contributed by atoms with van der Waals surface area (Å²) in [6, 6.07) is 2.19. The van der Waals surface area contributed by atoms with Crippen molar-refractivity contribution in [3.8, 4) is 6.07 Å². The number of pyridine rings is 1. The standard InChI is InChI=1S/C11H14N4S/c1-6-2-3-7-8(4-6)10(15-13)14-11(16)9(7)5-12/h6H,2-4,13H2,1H3,(H2,14,15,16). The lowest BCUT2D eigenvalue weighted by atomic mass is 9.83. The van der Waals surface area contributed by atoms with E-state index in [0.717, 1.165) is 36.2 Å². The van der Waals surface area contributed by atoms with Crippen LogP contribution < -0.4 is 11.3 Å². The predicted octanol–water partition coefficient (Wildman–Crippen LogP) is 2.03. The quantitative estimate of drug-likeness (QED) is 0.395. The van der Waals surface area contributed by atoms with E-state index in [2.05, 4.69) is 23.4 Å². The Bertz CT molecular complexity index is 512. The van der Waals surface area contributed by atoms with Gasteiger partial charge in [0.15, 0.2) is 0 Å². The summed E-state index contributed by atoms with van der Waals surface area (Å²) in [6.07, 6.45) is 2.95. The van der Waals surface area contributed by atoms with Crippen molar-refractivity contribution in [3.05, 3.63) is 21.3 Å². The number of nitriles is 1. The third kappa shape index (κ3) is 1.70. The van der Waals surface area contributed by atoms with Gasteiger partial charge in [0.2, 0.25) is 0 Å². The Hall–Kier alpha value is -1.38. The van der Waals surface area contributed by atoms with Crippen LogP contribution in [-0.2, 0) is 12.8 Å². The summed E-state index contributed by atoms with van der Waals surface area (Å²) in [5.41, 5.74) is 5.43. The number of fused-ring (bicyclic) bond motifs is 1. The number of nitrogens with zero attached hydrogens (tertiary/aromatic N) is 1. The van der Waals surface area contributed by atoms with Crippen LogP contribution in [0.25, 0.3) is 0 Å². The maximum atomic E-state index is 9.12. The molecule has 1 heterocycles. The molecule has 1 atom stereocenters. The Kier molecular flexibility index (Phi) is 2.95. The topological polar surface area (TPSA) is 77.6 Å². The van der Waals surface area contributed by atoms with Crippen LogP contribution in [0.3, 0.4) is 0 Å². The molecule has 0 aliphatic heterocycles. The van der Waals surface area contributed by atoms with E-state index in [1.165, 1.54) is 0 Å². The van der Waals surface area contributed by atoms with E-state index >= 15 is 0 Å². The number of nitrogen functional groups attached to an aromatic ring is 1. The van der Waals surface area contributed by atoms with E-state index in [4.69, 9.17) is 23.3 Å². The Balaban J connectivity index is 2.68. The molecule has 4 N–H and O–H groups in total. The van der Waals surface area contributed by atoms with Gasteiger partial charge in [0.05, 0.1) is 5.56 Å². The van der Waals surface area contributed by atoms with Crippen molar-refractivity contribution in [3.63, 3.8) is 0 Å². The molecule has 1 unspecified atom stereocenters. The lowest BCUT2D eigenvalue weighted by Crippen LogP contribution is -2.19. The van der Waals surface area contributed by atoms with Gasteiger partial charge in [-0.05, 0) is 36.3 Å². The minimum atomic E-state index is 0.476. The van der Waals surface area contributed by atoms with Crippen LogP contribution in [-0.4, -0.2) is 4.98 Å². The largest absolute Gasteiger partial charge is 0.331 e. The fraction of sp³-hybridized carbons (Fsp3) is 0.455. The van der Waals surface area contributed by atoms with E-state index in [-0.39, 0.29) is 0 Å². The number of aromatic nitrogens is 1. The van der Waals surface area contributed by atoms with Crippen LogP contribution in [0.15, 0.2) is 0 Å². The maximum absolute atomic E-state index is 9.12. The average Bonchev–Trinajstić information content (AvgIpc) is 2.28. The van der Waals surface area contributed by atoms with Gasteiger partial charge in [-0.25, -0.2) is 5.84 Å². The smallest absolute Gasteiger partial charge is 0.123 e. The van der Waals surface area contributed by atoms with Gasteiger partial charge >= 0.3 is 0 Å². The molecule has 0 saturated heterocycles. The van der Waals surface area contributed by atoms with E-state index < -0.39 is 0 Å². The average molecular weight is 234 g/mol. The summed E-state index contributed by atoms with van der Waals surface area (Å²) in [5, 5.41) is 9.12. The normalized spacial score (nSPS) is 18.7. The van der Waals surface area contributed by atoms with Crippen molar-refractivity contribution in [2.45, 2.75) is 26.2 Å². The van der Waals surface area contributed by atoms with Crippen molar-refractivity contribution >= 4 is 18.0 Å². The van der Waals surface area contributed by atoms with E-state index in [9.17, 15) is 0 Å². The van der Waals surface area contributed by atoms with Crippen molar-refractivity contribution in [2.75, 3.05) is 5.43 Å². The lowest BCUT2D eigenvalue weighted by molar-refractivity contribution is 0.500. The monoisotopic (exact) mass is 234 g/mol. The first-order valence-electron chi connectivity index (χ1n) is 5.32. The highest BCUT2D eigenvalue weighted by Gasteiger charge is 2.22. The molecule has 5 heteroatoms. The second kappa shape index (κ2) is 4.24.